The molecule has 2 unspecified atom stereocenters. The molecule has 1 aliphatic heterocycles. The number of nitrogens with two attached hydrogens (primary N) is 1. The van der Waals surface area contributed by atoms with Crippen molar-refractivity contribution in [1.29, 1.82) is 0 Å². The Morgan fingerprint density at radius 1 is 0.822 bits per heavy atom. The van der Waals surface area contributed by atoms with Gasteiger partial charge in [-0.1, -0.05) is 48.0 Å². The predicted molar refractivity (Wildman–Crippen MR) is 167 cm³/mol. The Morgan fingerprint density at radius 3 is 2.00 bits per heavy atom. The molecule has 15 nitrogen and oxygen atoms in total. The van der Waals surface area contributed by atoms with Gasteiger partial charge in [-0.2, -0.15) is 0 Å². The molecule has 1 saturated heterocycles. The third kappa shape index (κ3) is 17.7. The lowest BCUT2D eigenvalue weighted by molar-refractivity contribution is -0.140. The van der Waals surface area contributed by atoms with E-state index in [-0.39, 0.29) is 100 Å². The van der Waals surface area contributed by atoms with Crippen molar-refractivity contribution in [3.05, 3.63) is 0 Å². The molecule has 1 rings (SSSR count). The number of imide groups is 1. The van der Waals surface area contributed by atoms with Crippen LogP contribution >= 0.6 is 0 Å². The Hall–Kier alpha value is -4.04. The number of carbonyl (C=O) groups is 8. The second-order valence-electron chi connectivity index (χ2n) is 11.5. The molecule has 0 aromatic rings. The van der Waals surface area contributed by atoms with Crippen LogP contribution in [0.2, 0.25) is 0 Å². The number of urea groups is 1. The third-order valence-corrected chi connectivity index (χ3v) is 6.70. The van der Waals surface area contributed by atoms with E-state index < -0.39 is 42.2 Å². The summed E-state index contributed by atoms with van der Waals surface area (Å²) < 4.78 is 0. The van der Waals surface area contributed by atoms with E-state index in [1.807, 2.05) is 13.8 Å². The van der Waals surface area contributed by atoms with Crippen LogP contribution in [0, 0.1) is 17.8 Å². The van der Waals surface area contributed by atoms with Gasteiger partial charge in [0.2, 0.25) is 35.4 Å². The van der Waals surface area contributed by atoms with Gasteiger partial charge in [0, 0.05) is 50.7 Å². The highest BCUT2D eigenvalue weighted by Crippen LogP contribution is 2.26. The lowest BCUT2D eigenvalue weighted by Crippen LogP contribution is -2.51. The van der Waals surface area contributed by atoms with Gasteiger partial charge in [-0.15, -0.1) is 0 Å². The first kappa shape index (κ1) is 41.0. The second kappa shape index (κ2) is 22.5. The Bertz CT molecular complexity index is 1030. The van der Waals surface area contributed by atoms with Gasteiger partial charge in [0.25, 0.3) is 0 Å². The summed E-state index contributed by atoms with van der Waals surface area (Å²) in [6.07, 6.45) is 2.19. The minimum atomic E-state index is -1.07. The molecule has 0 aliphatic carbocycles. The van der Waals surface area contributed by atoms with Gasteiger partial charge >= 0.3 is 6.03 Å². The van der Waals surface area contributed by atoms with Crippen molar-refractivity contribution in [2.24, 2.45) is 23.5 Å². The minimum absolute atomic E-state index is 0.00431. The topological polar surface area (TPSA) is 226 Å². The molecule has 0 saturated carbocycles. The predicted octanol–water partition coefficient (Wildman–Crippen LogP) is 0.111. The van der Waals surface area contributed by atoms with Gasteiger partial charge in [0.05, 0.1) is 13.1 Å². The number of hydrogen-bond donors (Lipinski definition) is 6. The van der Waals surface area contributed by atoms with Crippen LogP contribution in [-0.2, 0) is 33.6 Å². The summed E-state index contributed by atoms with van der Waals surface area (Å²) >= 11 is 0. The van der Waals surface area contributed by atoms with E-state index in [1.165, 1.54) is 11.3 Å². The van der Waals surface area contributed by atoms with Crippen LogP contribution in [0.3, 0.4) is 0 Å². The van der Waals surface area contributed by atoms with E-state index >= 15 is 0 Å². The quantitative estimate of drug-likeness (QED) is 0.0838. The molecule has 256 valence electrons. The van der Waals surface area contributed by atoms with Crippen LogP contribution in [0.5, 0.6) is 0 Å². The molecule has 1 aliphatic rings. The van der Waals surface area contributed by atoms with Crippen LogP contribution in [0.4, 0.5) is 4.79 Å². The maximum absolute atomic E-state index is 12.7. The zero-order valence-electron chi connectivity index (χ0n) is 27.6. The first-order valence-electron chi connectivity index (χ1n) is 15.6. The minimum Gasteiger partial charge on any atom is -0.354 e. The maximum atomic E-state index is 12.7. The molecule has 0 aromatic carbocycles. The van der Waals surface area contributed by atoms with E-state index in [0.29, 0.717) is 0 Å². The Kier molecular flexibility index (Phi) is 20.4. The van der Waals surface area contributed by atoms with E-state index in [0.717, 1.165) is 0 Å². The van der Waals surface area contributed by atoms with Crippen LogP contribution < -0.4 is 32.3 Å². The molecule has 0 aromatic heterocycles. The number of hydrogen-bond acceptors (Lipinski definition) is 8. The Morgan fingerprint density at radius 2 is 1.44 bits per heavy atom. The molecule has 1 heterocycles. The maximum Gasteiger partial charge on any atom is 0.312 e. The fourth-order valence-electron chi connectivity index (χ4n) is 4.13. The average Bonchev–Trinajstić information content (AvgIpc) is 3.25. The molecule has 8 amide bonds. The fraction of sp³-hybridized carbons (Fsp3) is 0.733. The molecule has 1 fully saturated rings. The van der Waals surface area contributed by atoms with Gasteiger partial charge in [-0.05, 0) is 25.2 Å². The number of rotatable bonds is 19. The fourth-order valence-corrected chi connectivity index (χ4v) is 4.13. The van der Waals surface area contributed by atoms with Crippen molar-refractivity contribution in [3.63, 3.8) is 0 Å². The number of nitrogens with one attached hydrogen (secondary N) is 5. The molecule has 0 radical (unpaired) electrons. The first-order valence-corrected chi connectivity index (χ1v) is 15.6. The smallest absolute Gasteiger partial charge is 0.312 e. The van der Waals surface area contributed by atoms with Crippen LogP contribution in [-0.4, -0.2) is 90.9 Å². The highest BCUT2D eigenvalue weighted by Gasteiger charge is 2.39. The van der Waals surface area contributed by atoms with Gasteiger partial charge in [-0.25, -0.2) is 4.79 Å². The summed E-state index contributed by atoms with van der Waals surface area (Å²) in [4.78, 5) is 97.6. The van der Waals surface area contributed by atoms with Crippen LogP contribution in [0.15, 0.2) is 0 Å². The van der Waals surface area contributed by atoms with E-state index in [4.69, 9.17) is 5.73 Å². The monoisotopic (exact) mass is 639 g/mol. The van der Waals surface area contributed by atoms with Gasteiger partial charge in [-0.3, -0.25) is 38.5 Å². The zero-order chi connectivity index (χ0) is 34.5. The highest BCUT2D eigenvalue weighted by atomic mass is 16.2. The lowest BCUT2D eigenvalue weighted by Gasteiger charge is -2.19. The van der Waals surface area contributed by atoms with Crippen LogP contribution in [0.1, 0.15) is 86.5 Å². The Labute approximate surface area is 265 Å². The van der Waals surface area contributed by atoms with Gasteiger partial charge in [0.15, 0.2) is 0 Å². The zero-order valence-corrected chi connectivity index (χ0v) is 27.6. The molecule has 2 atom stereocenters. The van der Waals surface area contributed by atoms with Crippen molar-refractivity contribution in [2.45, 2.75) is 92.5 Å². The number of primary amides is 1. The summed E-state index contributed by atoms with van der Waals surface area (Å²) in [7, 11) is 0. The van der Waals surface area contributed by atoms with E-state index in [9.17, 15) is 38.4 Å². The van der Waals surface area contributed by atoms with Crippen molar-refractivity contribution in [2.75, 3.05) is 32.7 Å². The van der Waals surface area contributed by atoms with E-state index in [2.05, 4.69) is 40.4 Å². The summed E-state index contributed by atoms with van der Waals surface area (Å²) in [5.74, 6) is -3.23. The Balaban J connectivity index is 0.00000618. The van der Waals surface area contributed by atoms with Crippen molar-refractivity contribution >= 4 is 47.3 Å². The number of likely N-dealkylation sites (tertiary alicyclic amines) is 1. The average molecular weight is 640 g/mol. The summed E-state index contributed by atoms with van der Waals surface area (Å²) in [5.41, 5.74) is 5.03. The summed E-state index contributed by atoms with van der Waals surface area (Å²) in [6, 6.07) is -1.81. The molecule has 45 heavy (non-hydrogen) atoms. The number of Topliss-reactive ketones (excluding diaryl/α,β-unsaturated/α-hetero) is 1. The number of nitrogens with zero attached hydrogens (tertiary/aromatic N) is 1. The number of carbonyl (C=O) groups excluding carboxylic acids is 8. The van der Waals surface area contributed by atoms with Crippen molar-refractivity contribution in [3.8, 4) is 0 Å². The third-order valence-electron chi connectivity index (χ3n) is 6.70. The molecular weight excluding hydrogens is 586 g/mol. The summed E-state index contributed by atoms with van der Waals surface area (Å²) in [5, 5.41) is 12.3. The summed E-state index contributed by atoms with van der Waals surface area (Å²) in [6.45, 7) is 11.1. The first-order chi connectivity index (χ1) is 21.1. The van der Waals surface area contributed by atoms with Crippen molar-refractivity contribution in [1.82, 2.24) is 31.5 Å². The number of ketones is 1. The standard InChI is InChI=1S/C27H45N7O8.C3H8/c1-16(2)18-13-24(39)34(26(18)41)12-6-8-21(36)31-15-23(38)33-19(7-5-10-30-27(28)42)25(40)32-14-22(37)29-11-9-20(35)17(3)4;1-3-2/h16-19H,5-15H2,1-4H3,(H,29,37)(H,31,36)(H,32,40)(H,33,38)(H3,28,30,42);3H2,1-2H3. The highest BCUT2D eigenvalue weighted by molar-refractivity contribution is 6.03. The molecule has 0 spiro atoms. The number of amides is 8. The van der Waals surface area contributed by atoms with Crippen LogP contribution in [0.25, 0.3) is 0 Å². The SMILES string of the molecule is CC(C)C(=O)CCNC(=O)CNC(=O)C(CCCNC(N)=O)NC(=O)CNC(=O)CCCN1C(=O)CC(C(C)C)C1=O.CCC. The molecule has 7 N–H and O–H groups in total. The van der Waals surface area contributed by atoms with E-state index in [1.54, 1.807) is 13.8 Å². The normalized spacial score (nSPS) is 14.8. The molecule has 15 heteroatoms. The molecular formula is C30H53N7O8. The second-order valence-corrected chi connectivity index (χ2v) is 11.5. The van der Waals surface area contributed by atoms with Gasteiger partial charge in [0.1, 0.15) is 11.8 Å². The van der Waals surface area contributed by atoms with Crippen molar-refractivity contribution < 1.29 is 38.4 Å². The lowest BCUT2D eigenvalue weighted by atomic mass is 9.94. The molecule has 0 bridgehead atoms. The van der Waals surface area contributed by atoms with Gasteiger partial charge < -0.3 is 32.3 Å². The largest absolute Gasteiger partial charge is 0.354 e.